The molecule has 2 unspecified atom stereocenters. The Bertz CT molecular complexity index is 1080. The number of amides is 1. The molecule has 0 radical (unpaired) electrons. The highest BCUT2D eigenvalue weighted by Crippen LogP contribution is 2.36. The van der Waals surface area contributed by atoms with Crippen molar-refractivity contribution in [2.75, 3.05) is 38.3 Å². The number of anilines is 1. The molecule has 0 aromatic carbocycles. The molecule has 0 spiro atoms. The Morgan fingerprint density at radius 1 is 1.26 bits per heavy atom. The molecule has 34 heavy (non-hydrogen) atoms. The number of pyridine rings is 1. The summed E-state index contributed by atoms with van der Waals surface area (Å²) in [5.74, 6) is 0.546. The maximum absolute atomic E-state index is 13.4. The molecule has 2 atom stereocenters. The Morgan fingerprint density at radius 2 is 1.94 bits per heavy atom. The lowest BCUT2D eigenvalue weighted by Crippen LogP contribution is -2.48. The highest BCUT2D eigenvalue weighted by atomic mass is 32.2. The first-order chi connectivity index (χ1) is 16.2. The second kappa shape index (κ2) is 11.5. The van der Waals surface area contributed by atoms with Crippen LogP contribution in [-0.2, 0) is 20.8 Å². The van der Waals surface area contributed by atoms with Gasteiger partial charge in [-0.25, -0.2) is 0 Å². The number of carbonyl (C=O) groups is 1. The fourth-order valence-corrected chi connectivity index (χ4v) is 5.66. The Hall–Kier alpha value is -2.19. The fourth-order valence-electron chi connectivity index (χ4n) is 4.37. The van der Waals surface area contributed by atoms with Crippen molar-refractivity contribution in [1.29, 1.82) is 5.26 Å². The number of morpholine rings is 1. The van der Waals surface area contributed by atoms with E-state index in [1.807, 2.05) is 13.8 Å². The minimum Gasteiger partial charge on any atom is -0.383 e. The number of rotatable bonds is 8. The number of methoxy groups -OCH3 is 1. The van der Waals surface area contributed by atoms with Crippen molar-refractivity contribution in [2.45, 2.75) is 59.3 Å². The van der Waals surface area contributed by atoms with Crippen LogP contribution in [0.15, 0.2) is 9.70 Å². The molecule has 3 rings (SSSR count). The molecule has 184 valence electrons. The number of hydrogen-bond donors (Lipinski definition) is 0. The third kappa shape index (κ3) is 5.38. The van der Waals surface area contributed by atoms with E-state index in [1.54, 1.807) is 24.7 Å². The zero-order chi connectivity index (χ0) is 25.0. The van der Waals surface area contributed by atoms with Gasteiger partial charge in [0, 0.05) is 32.3 Å². The van der Waals surface area contributed by atoms with Crippen LogP contribution < -0.4 is 10.5 Å². The second-order valence-electron chi connectivity index (χ2n) is 8.65. The number of aromatic nitrogens is 1. The molecule has 3 heterocycles. The van der Waals surface area contributed by atoms with Crippen molar-refractivity contribution >= 4 is 46.1 Å². The van der Waals surface area contributed by atoms with Crippen molar-refractivity contribution < 1.29 is 14.3 Å². The Kier molecular flexibility index (Phi) is 8.93. The molecule has 0 aliphatic carbocycles. The van der Waals surface area contributed by atoms with Gasteiger partial charge in [0.1, 0.15) is 21.8 Å². The number of ether oxygens (including phenoxy) is 2. The Morgan fingerprint density at radius 3 is 2.53 bits per heavy atom. The summed E-state index contributed by atoms with van der Waals surface area (Å²) >= 11 is 6.67. The third-order valence-electron chi connectivity index (χ3n) is 5.97. The lowest BCUT2D eigenvalue weighted by atomic mass is 10.0. The Balaban J connectivity index is 2.22. The molecule has 1 aromatic rings. The number of thioether (sulfide) groups is 1. The molecule has 2 aliphatic rings. The van der Waals surface area contributed by atoms with Crippen LogP contribution in [0.4, 0.5) is 5.82 Å². The Labute approximate surface area is 210 Å². The summed E-state index contributed by atoms with van der Waals surface area (Å²) in [4.78, 5) is 30.7. The van der Waals surface area contributed by atoms with Gasteiger partial charge in [-0.3, -0.25) is 19.1 Å². The molecule has 1 aromatic heterocycles. The molecule has 0 bridgehead atoms. The van der Waals surface area contributed by atoms with Gasteiger partial charge in [-0.05, 0) is 38.8 Å². The van der Waals surface area contributed by atoms with E-state index in [0.29, 0.717) is 53.1 Å². The lowest BCUT2D eigenvalue weighted by molar-refractivity contribution is -0.122. The van der Waals surface area contributed by atoms with E-state index in [4.69, 9.17) is 21.7 Å². The van der Waals surface area contributed by atoms with Crippen LogP contribution in [0.2, 0.25) is 0 Å². The van der Waals surface area contributed by atoms with E-state index in [9.17, 15) is 14.9 Å². The lowest BCUT2D eigenvalue weighted by Gasteiger charge is -2.39. The average molecular weight is 505 g/mol. The fraction of sp³-hybridized carbons (Fsp3) is 0.583. The van der Waals surface area contributed by atoms with Crippen molar-refractivity contribution in [3.63, 3.8) is 0 Å². The zero-order valence-electron chi connectivity index (χ0n) is 20.4. The molecule has 2 aliphatic heterocycles. The summed E-state index contributed by atoms with van der Waals surface area (Å²) in [6.07, 6.45) is 3.47. The van der Waals surface area contributed by atoms with E-state index in [0.717, 1.165) is 18.7 Å². The van der Waals surface area contributed by atoms with Crippen LogP contribution in [0.5, 0.6) is 0 Å². The van der Waals surface area contributed by atoms with E-state index < -0.39 is 0 Å². The van der Waals surface area contributed by atoms with E-state index >= 15 is 0 Å². The summed E-state index contributed by atoms with van der Waals surface area (Å²) < 4.78 is 13.2. The summed E-state index contributed by atoms with van der Waals surface area (Å²) in [6, 6.07) is 2.10. The summed E-state index contributed by atoms with van der Waals surface area (Å²) in [6.45, 7) is 10.3. The average Bonchev–Trinajstić information content (AvgIpc) is 3.05. The van der Waals surface area contributed by atoms with Crippen molar-refractivity contribution in [3.05, 3.63) is 31.9 Å². The second-order valence-corrected chi connectivity index (χ2v) is 10.3. The van der Waals surface area contributed by atoms with Crippen molar-refractivity contribution in [2.24, 2.45) is 0 Å². The van der Waals surface area contributed by atoms with E-state index in [2.05, 4.69) is 17.9 Å². The van der Waals surface area contributed by atoms with Crippen LogP contribution in [0.3, 0.4) is 0 Å². The van der Waals surface area contributed by atoms with Gasteiger partial charge < -0.3 is 14.4 Å². The maximum atomic E-state index is 13.4. The van der Waals surface area contributed by atoms with Crippen LogP contribution in [0, 0.1) is 18.3 Å². The molecule has 0 N–H and O–H groups in total. The van der Waals surface area contributed by atoms with Gasteiger partial charge in [-0.2, -0.15) is 5.26 Å². The predicted octanol–water partition coefficient (Wildman–Crippen LogP) is 3.29. The zero-order valence-corrected chi connectivity index (χ0v) is 22.1. The molecule has 8 nitrogen and oxygen atoms in total. The first kappa shape index (κ1) is 26.4. The number of nitriles is 1. The number of thiocarbonyl (C=S) groups is 1. The van der Waals surface area contributed by atoms with Gasteiger partial charge in [-0.15, -0.1) is 0 Å². The number of hydrogen-bond acceptors (Lipinski definition) is 8. The van der Waals surface area contributed by atoms with Gasteiger partial charge in [-0.1, -0.05) is 37.3 Å². The van der Waals surface area contributed by atoms with Gasteiger partial charge >= 0.3 is 0 Å². The molecule has 1 amide bonds. The topological polar surface area (TPSA) is 87.8 Å². The quantitative estimate of drug-likeness (QED) is 0.394. The molecule has 2 fully saturated rings. The molecule has 0 saturated carbocycles. The first-order valence-electron chi connectivity index (χ1n) is 11.6. The molecular weight excluding hydrogens is 472 g/mol. The van der Waals surface area contributed by atoms with E-state index in [-0.39, 0.29) is 29.2 Å². The largest absolute Gasteiger partial charge is 0.383 e. The molecule has 10 heteroatoms. The van der Waals surface area contributed by atoms with Crippen LogP contribution in [0.1, 0.15) is 50.3 Å². The maximum Gasteiger partial charge on any atom is 0.270 e. The van der Waals surface area contributed by atoms with Crippen LogP contribution >= 0.6 is 24.0 Å². The predicted molar refractivity (Wildman–Crippen MR) is 139 cm³/mol. The SMILES string of the molecule is CCCCn1c(N2CC(C)OC(C)C2)c(/C=C2\SC(=S)N(CCOC)C2=O)c(C)c(C#N)c1=O. The van der Waals surface area contributed by atoms with Gasteiger partial charge in [0.15, 0.2) is 0 Å². The smallest absolute Gasteiger partial charge is 0.270 e. The number of nitrogens with zero attached hydrogens (tertiary/aromatic N) is 4. The highest BCUT2D eigenvalue weighted by molar-refractivity contribution is 8.26. The summed E-state index contributed by atoms with van der Waals surface area (Å²) in [7, 11) is 1.58. The van der Waals surface area contributed by atoms with Crippen LogP contribution in [-0.4, -0.2) is 65.3 Å². The van der Waals surface area contributed by atoms with Gasteiger partial charge in [0.2, 0.25) is 0 Å². The number of unbranched alkanes of at least 4 members (excludes halogenated alkanes) is 1. The van der Waals surface area contributed by atoms with Crippen molar-refractivity contribution in [3.8, 4) is 6.07 Å². The highest BCUT2D eigenvalue weighted by Gasteiger charge is 2.34. The minimum atomic E-state index is -0.292. The standard InChI is InChI=1S/C24H32N4O4S2/c1-6-7-8-27-21(26-13-15(2)32-16(3)14-26)18(17(4)19(12-25)22(27)29)11-20-23(30)28(9-10-31-5)24(33)34-20/h11,15-16H,6-10,13-14H2,1-5H3/b20-11-. The summed E-state index contributed by atoms with van der Waals surface area (Å²) in [5, 5.41) is 9.82. The van der Waals surface area contributed by atoms with Crippen molar-refractivity contribution in [1.82, 2.24) is 9.47 Å². The van der Waals surface area contributed by atoms with Gasteiger partial charge in [0.25, 0.3) is 11.5 Å². The summed E-state index contributed by atoms with van der Waals surface area (Å²) in [5.41, 5.74) is 1.10. The molecule has 2 saturated heterocycles. The van der Waals surface area contributed by atoms with E-state index in [1.165, 1.54) is 16.7 Å². The monoisotopic (exact) mass is 504 g/mol. The third-order valence-corrected chi connectivity index (χ3v) is 7.35. The van der Waals surface area contributed by atoms with Gasteiger partial charge in [0.05, 0.1) is 30.3 Å². The first-order valence-corrected chi connectivity index (χ1v) is 12.8. The molecular formula is C24H32N4O4S2. The van der Waals surface area contributed by atoms with Crippen LogP contribution in [0.25, 0.3) is 6.08 Å². The number of carbonyl (C=O) groups excluding carboxylic acids is 1. The normalized spacial score (nSPS) is 22.1. The minimum absolute atomic E-state index is 0.0190.